The van der Waals surface area contributed by atoms with E-state index in [-0.39, 0.29) is 16.8 Å². The van der Waals surface area contributed by atoms with Gasteiger partial charge in [0.05, 0.1) is 6.26 Å². The first-order valence-electron chi connectivity index (χ1n) is 6.53. The second-order valence-electron chi connectivity index (χ2n) is 4.80. The third-order valence-electron chi connectivity index (χ3n) is 3.03. The number of hydrogen-bond donors (Lipinski definition) is 1. The average Bonchev–Trinajstić information content (AvgIpc) is 2.98. The van der Waals surface area contributed by atoms with Crippen molar-refractivity contribution in [2.75, 3.05) is 0 Å². The van der Waals surface area contributed by atoms with E-state index in [1.54, 1.807) is 16.2 Å². The lowest BCUT2D eigenvalue weighted by Gasteiger charge is -2.12. The summed E-state index contributed by atoms with van der Waals surface area (Å²) in [7, 11) is 0. The van der Waals surface area contributed by atoms with Crippen LogP contribution in [0.25, 0.3) is 0 Å². The van der Waals surface area contributed by atoms with Gasteiger partial charge in [-0.1, -0.05) is 11.3 Å². The van der Waals surface area contributed by atoms with Gasteiger partial charge >= 0.3 is 4.87 Å². The lowest BCUT2D eigenvalue weighted by Crippen LogP contribution is -2.35. The third-order valence-corrected chi connectivity index (χ3v) is 3.91. The van der Waals surface area contributed by atoms with Gasteiger partial charge in [-0.15, -0.1) is 0 Å². The van der Waals surface area contributed by atoms with E-state index in [9.17, 15) is 9.59 Å². The van der Waals surface area contributed by atoms with E-state index >= 15 is 0 Å². The van der Waals surface area contributed by atoms with Gasteiger partial charge in [0, 0.05) is 36.5 Å². The van der Waals surface area contributed by atoms with Gasteiger partial charge in [0.1, 0.15) is 5.76 Å². The number of carbonyl (C=O) groups excluding carboxylic acids is 1. The number of nitrogens with one attached hydrogen (secondary N) is 1. The van der Waals surface area contributed by atoms with E-state index in [0.29, 0.717) is 19.4 Å². The van der Waals surface area contributed by atoms with Crippen LogP contribution in [0.4, 0.5) is 0 Å². The molecule has 2 rings (SSSR count). The van der Waals surface area contributed by atoms with Crippen LogP contribution in [0.5, 0.6) is 0 Å². The Morgan fingerprint density at radius 1 is 1.55 bits per heavy atom. The van der Waals surface area contributed by atoms with Crippen molar-refractivity contribution in [1.82, 2.24) is 9.88 Å². The fraction of sp³-hybridized carbons (Fsp3) is 0.429. The van der Waals surface area contributed by atoms with Gasteiger partial charge in [-0.25, -0.2) is 0 Å². The number of nitrogens with zero attached hydrogens (tertiary/aromatic N) is 1. The van der Waals surface area contributed by atoms with E-state index in [0.717, 1.165) is 22.8 Å². The molecule has 108 valence electrons. The van der Waals surface area contributed by atoms with E-state index < -0.39 is 0 Å². The lowest BCUT2D eigenvalue weighted by atomic mass is 10.2. The maximum atomic E-state index is 11.8. The molecular weight excluding hydrogens is 276 g/mol. The molecule has 0 saturated heterocycles. The molecule has 0 fully saturated rings. The highest BCUT2D eigenvalue weighted by Crippen LogP contribution is 2.04. The summed E-state index contributed by atoms with van der Waals surface area (Å²) >= 11 is 1.16. The highest BCUT2D eigenvalue weighted by molar-refractivity contribution is 7.07. The van der Waals surface area contributed by atoms with Crippen molar-refractivity contribution in [3.8, 4) is 0 Å². The number of aromatic nitrogens is 1. The molecule has 0 aliphatic heterocycles. The molecule has 1 atom stereocenters. The van der Waals surface area contributed by atoms with Gasteiger partial charge in [0.2, 0.25) is 5.91 Å². The molecule has 0 bridgehead atoms. The van der Waals surface area contributed by atoms with Crippen molar-refractivity contribution >= 4 is 17.2 Å². The molecule has 20 heavy (non-hydrogen) atoms. The van der Waals surface area contributed by atoms with Crippen molar-refractivity contribution in [2.24, 2.45) is 0 Å². The first-order valence-corrected chi connectivity index (χ1v) is 7.41. The van der Waals surface area contributed by atoms with Crippen LogP contribution in [0.3, 0.4) is 0 Å². The molecule has 0 unspecified atom stereocenters. The summed E-state index contributed by atoms with van der Waals surface area (Å²) in [6.07, 6.45) is 2.59. The number of aryl methyl sites for hydroxylation is 1. The Morgan fingerprint density at radius 2 is 2.35 bits per heavy atom. The maximum Gasteiger partial charge on any atom is 0.307 e. The SMILES string of the molecule is Cc1csc(=O)n1CCC(=O)N[C@@H](C)Cc1ccco1. The molecule has 2 aromatic heterocycles. The average molecular weight is 294 g/mol. The van der Waals surface area contributed by atoms with E-state index in [2.05, 4.69) is 5.32 Å². The van der Waals surface area contributed by atoms with Gasteiger partial charge < -0.3 is 14.3 Å². The van der Waals surface area contributed by atoms with Gasteiger partial charge in [-0.05, 0) is 26.0 Å². The molecule has 5 nitrogen and oxygen atoms in total. The molecule has 0 spiro atoms. The summed E-state index contributed by atoms with van der Waals surface area (Å²) in [6.45, 7) is 4.23. The largest absolute Gasteiger partial charge is 0.469 e. The number of amides is 1. The first kappa shape index (κ1) is 14.6. The maximum absolute atomic E-state index is 11.8. The topological polar surface area (TPSA) is 64.2 Å². The summed E-state index contributed by atoms with van der Waals surface area (Å²) in [5, 5.41) is 4.71. The molecule has 0 aromatic carbocycles. The molecule has 0 aliphatic rings. The Bertz CT molecular complexity index is 613. The van der Waals surface area contributed by atoms with E-state index in [1.807, 2.05) is 26.0 Å². The molecular formula is C14H18N2O3S. The van der Waals surface area contributed by atoms with Crippen LogP contribution < -0.4 is 10.2 Å². The number of rotatable bonds is 6. The molecule has 6 heteroatoms. The van der Waals surface area contributed by atoms with Crippen molar-refractivity contribution in [3.63, 3.8) is 0 Å². The zero-order valence-corrected chi connectivity index (χ0v) is 12.4. The highest BCUT2D eigenvalue weighted by atomic mass is 32.1. The third kappa shape index (κ3) is 3.84. The normalized spacial score (nSPS) is 12.3. The van der Waals surface area contributed by atoms with Crippen molar-refractivity contribution < 1.29 is 9.21 Å². The molecule has 2 heterocycles. The number of hydrogen-bond acceptors (Lipinski definition) is 4. The van der Waals surface area contributed by atoms with Crippen LogP contribution in [-0.2, 0) is 17.8 Å². The van der Waals surface area contributed by atoms with Gasteiger partial charge in [-0.2, -0.15) is 0 Å². The van der Waals surface area contributed by atoms with Crippen LogP contribution in [0.1, 0.15) is 24.8 Å². The van der Waals surface area contributed by atoms with Crippen LogP contribution in [0, 0.1) is 6.92 Å². The summed E-state index contributed by atoms with van der Waals surface area (Å²) in [5.41, 5.74) is 0.899. The number of carbonyl (C=O) groups is 1. The Morgan fingerprint density at radius 3 is 2.95 bits per heavy atom. The monoisotopic (exact) mass is 294 g/mol. The standard InChI is InChI=1S/C14H18N2O3S/c1-10(8-12-4-3-7-19-12)15-13(17)5-6-16-11(2)9-20-14(16)18/h3-4,7,9-10H,5-6,8H2,1-2H3,(H,15,17)/t10-/m0/s1. The zero-order chi connectivity index (χ0) is 14.5. The Hall–Kier alpha value is -1.82. The van der Waals surface area contributed by atoms with Gasteiger partial charge in [-0.3, -0.25) is 9.59 Å². The van der Waals surface area contributed by atoms with Crippen LogP contribution in [-0.4, -0.2) is 16.5 Å². The predicted octanol–water partition coefficient (Wildman–Crippen LogP) is 1.95. The number of furan rings is 1. The molecule has 0 aliphatic carbocycles. The highest BCUT2D eigenvalue weighted by Gasteiger charge is 2.11. The fourth-order valence-corrected chi connectivity index (χ4v) is 2.78. The Balaban J connectivity index is 1.79. The zero-order valence-electron chi connectivity index (χ0n) is 11.6. The molecule has 1 amide bonds. The second kappa shape index (κ2) is 6.56. The summed E-state index contributed by atoms with van der Waals surface area (Å²) in [4.78, 5) is 23.4. The lowest BCUT2D eigenvalue weighted by molar-refractivity contribution is -0.121. The molecule has 0 radical (unpaired) electrons. The van der Waals surface area contributed by atoms with Crippen LogP contribution >= 0.6 is 11.3 Å². The Kier molecular flexibility index (Phi) is 4.79. The minimum absolute atomic E-state index is 0.00828. The van der Waals surface area contributed by atoms with Crippen LogP contribution in [0.15, 0.2) is 33.0 Å². The fourth-order valence-electron chi connectivity index (χ4n) is 2.02. The number of thiazole rings is 1. The Labute approximate surface area is 121 Å². The van der Waals surface area contributed by atoms with E-state index in [1.165, 1.54) is 0 Å². The van der Waals surface area contributed by atoms with E-state index in [4.69, 9.17) is 4.42 Å². The van der Waals surface area contributed by atoms with Crippen molar-refractivity contribution in [3.05, 3.63) is 44.9 Å². The predicted molar refractivity (Wildman–Crippen MR) is 77.9 cm³/mol. The van der Waals surface area contributed by atoms with Gasteiger partial charge in [0.15, 0.2) is 0 Å². The first-order chi connectivity index (χ1) is 9.56. The second-order valence-corrected chi connectivity index (χ2v) is 5.62. The smallest absolute Gasteiger partial charge is 0.307 e. The molecule has 2 aromatic rings. The van der Waals surface area contributed by atoms with Crippen LogP contribution in [0.2, 0.25) is 0 Å². The van der Waals surface area contributed by atoms with Crippen molar-refractivity contribution in [1.29, 1.82) is 0 Å². The summed E-state index contributed by atoms with van der Waals surface area (Å²) in [6, 6.07) is 3.72. The quantitative estimate of drug-likeness (QED) is 0.885. The minimum atomic E-state index is -0.0541. The van der Waals surface area contributed by atoms with Crippen molar-refractivity contribution in [2.45, 2.75) is 39.3 Å². The molecule has 0 saturated carbocycles. The van der Waals surface area contributed by atoms with Gasteiger partial charge in [0.25, 0.3) is 0 Å². The molecule has 1 N–H and O–H groups in total. The minimum Gasteiger partial charge on any atom is -0.469 e. The summed E-state index contributed by atoms with van der Waals surface area (Å²) in [5.74, 6) is 0.796. The summed E-state index contributed by atoms with van der Waals surface area (Å²) < 4.78 is 6.87.